The molecule has 1 aromatic carbocycles. The van der Waals surface area contributed by atoms with Gasteiger partial charge < -0.3 is 5.32 Å². The normalized spacial score (nSPS) is 34.3. The van der Waals surface area contributed by atoms with Gasteiger partial charge in [0, 0.05) is 21.8 Å². The average Bonchev–Trinajstić information content (AvgIpc) is 2.96. The first-order chi connectivity index (χ1) is 10.7. The minimum absolute atomic E-state index is 0.0601. The second-order valence-corrected chi connectivity index (χ2v) is 11.5. The third-order valence-electron chi connectivity index (χ3n) is 6.26. The predicted molar refractivity (Wildman–Crippen MR) is 106 cm³/mol. The number of rotatable bonds is 4. The Balaban J connectivity index is 1.77. The lowest BCUT2D eigenvalue weighted by Crippen LogP contribution is -2.72. The fourth-order valence-electron chi connectivity index (χ4n) is 4.64. The molecular formula is C17H19Br3ClNO. The molecule has 0 saturated heterocycles. The highest BCUT2D eigenvalue weighted by atomic mass is 79.9. The van der Waals surface area contributed by atoms with Gasteiger partial charge in [0.15, 0.2) is 0 Å². The second kappa shape index (κ2) is 6.00. The van der Waals surface area contributed by atoms with Gasteiger partial charge in [-0.05, 0) is 36.0 Å². The molecule has 3 fully saturated rings. The summed E-state index contributed by atoms with van der Waals surface area (Å²) in [4.78, 5) is 13.2. The first kappa shape index (κ1) is 18.2. The molecule has 0 spiro atoms. The molecule has 0 aromatic heterocycles. The molecule has 3 aliphatic carbocycles. The molecule has 2 nitrogen and oxygen atoms in total. The van der Waals surface area contributed by atoms with Crippen LogP contribution in [0.5, 0.6) is 0 Å². The molecule has 1 N–H and O–H groups in total. The predicted octanol–water partition coefficient (Wildman–Crippen LogP) is 5.64. The number of benzene rings is 1. The number of alkyl halides is 3. The van der Waals surface area contributed by atoms with Crippen molar-refractivity contribution in [1.29, 1.82) is 0 Å². The number of amides is 1. The molecule has 23 heavy (non-hydrogen) atoms. The number of nitrogens with one attached hydrogen (secondary N) is 1. The topological polar surface area (TPSA) is 29.1 Å². The molecule has 2 bridgehead atoms. The quantitative estimate of drug-likeness (QED) is 0.504. The molecule has 3 atom stereocenters. The van der Waals surface area contributed by atoms with Gasteiger partial charge in [0.25, 0.3) is 0 Å². The number of halogens is 4. The monoisotopic (exact) mass is 525 g/mol. The lowest BCUT2D eigenvalue weighted by atomic mass is 9.43. The highest BCUT2D eigenvalue weighted by molar-refractivity contribution is 9.24. The van der Waals surface area contributed by atoms with Crippen LogP contribution in [0.25, 0.3) is 0 Å². The van der Waals surface area contributed by atoms with Crippen LogP contribution >= 0.6 is 59.4 Å². The van der Waals surface area contributed by atoms with Crippen molar-refractivity contribution in [2.75, 3.05) is 0 Å². The summed E-state index contributed by atoms with van der Waals surface area (Å²) in [6, 6.07) is 7.60. The van der Waals surface area contributed by atoms with Crippen molar-refractivity contribution in [2.24, 2.45) is 16.2 Å². The molecule has 0 heterocycles. The number of hydrogen-bond donors (Lipinski definition) is 1. The Morgan fingerprint density at radius 1 is 1.30 bits per heavy atom. The minimum Gasteiger partial charge on any atom is -0.351 e. The highest BCUT2D eigenvalue weighted by Crippen LogP contribution is 2.82. The van der Waals surface area contributed by atoms with Crippen molar-refractivity contribution < 1.29 is 4.79 Å². The number of carbonyl (C=O) groups excluding carboxylic acids is 1. The Labute approximate surface area is 167 Å². The Bertz CT molecular complexity index is 633. The van der Waals surface area contributed by atoms with Gasteiger partial charge in [0.2, 0.25) is 5.91 Å². The zero-order valence-corrected chi connectivity index (χ0v) is 18.5. The van der Waals surface area contributed by atoms with Crippen molar-refractivity contribution in [3.8, 4) is 0 Å². The molecule has 3 unspecified atom stereocenters. The summed E-state index contributed by atoms with van der Waals surface area (Å²) in [6.07, 6.45) is 1.95. The van der Waals surface area contributed by atoms with E-state index >= 15 is 0 Å². The smallest absolute Gasteiger partial charge is 0.228 e. The maximum atomic E-state index is 13.0. The standard InChI is InChI=1S/C17H19Br3ClNO/c1-15(2)16(13(19)20)7-8-17(15,12(16)18)14(23)22-9-10-3-5-11(21)6-4-10/h3-6,12-13H,7-9H2,1-2H3,(H,22,23). The lowest BCUT2D eigenvalue weighted by Gasteiger charge is -2.66. The molecular weight excluding hydrogens is 509 g/mol. The molecule has 1 amide bonds. The van der Waals surface area contributed by atoms with Crippen molar-refractivity contribution in [1.82, 2.24) is 5.32 Å². The van der Waals surface area contributed by atoms with E-state index in [0.29, 0.717) is 11.6 Å². The van der Waals surface area contributed by atoms with E-state index < -0.39 is 0 Å². The molecule has 4 rings (SSSR count). The molecule has 3 aliphatic rings. The van der Waals surface area contributed by atoms with Crippen LogP contribution < -0.4 is 5.32 Å². The molecule has 0 radical (unpaired) electrons. The van der Waals surface area contributed by atoms with Crippen LogP contribution in [0.4, 0.5) is 0 Å². The zero-order chi connectivity index (χ0) is 17.0. The largest absolute Gasteiger partial charge is 0.351 e. The van der Waals surface area contributed by atoms with E-state index in [9.17, 15) is 4.79 Å². The molecule has 3 saturated carbocycles. The maximum absolute atomic E-state index is 13.0. The maximum Gasteiger partial charge on any atom is 0.228 e. The van der Waals surface area contributed by atoms with Gasteiger partial charge in [0.05, 0.1) is 9.15 Å². The van der Waals surface area contributed by atoms with Gasteiger partial charge in [-0.3, -0.25) is 4.79 Å². The third kappa shape index (κ3) is 2.25. The van der Waals surface area contributed by atoms with E-state index in [1.165, 1.54) is 0 Å². The van der Waals surface area contributed by atoms with E-state index in [1.54, 1.807) is 0 Å². The van der Waals surface area contributed by atoms with Gasteiger partial charge in [-0.2, -0.15) is 0 Å². The fraction of sp³-hybridized carbons (Fsp3) is 0.588. The number of hydrogen-bond acceptors (Lipinski definition) is 1. The summed E-state index contributed by atoms with van der Waals surface area (Å²) < 4.78 is 0.196. The van der Waals surface area contributed by atoms with Gasteiger partial charge in [-0.25, -0.2) is 0 Å². The van der Waals surface area contributed by atoms with Gasteiger partial charge in [-0.1, -0.05) is 85.4 Å². The third-order valence-corrected chi connectivity index (χ3v) is 9.74. The van der Waals surface area contributed by atoms with E-state index in [1.807, 2.05) is 24.3 Å². The summed E-state index contributed by atoms with van der Waals surface area (Å²) >= 11 is 17.2. The van der Waals surface area contributed by atoms with Crippen LogP contribution in [-0.4, -0.2) is 14.5 Å². The van der Waals surface area contributed by atoms with Crippen LogP contribution in [0, 0.1) is 16.2 Å². The Kier molecular flexibility index (Phi) is 4.75. The first-order valence-electron chi connectivity index (χ1n) is 7.65. The SMILES string of the molecule is CC1(C)C2(C(=O)NCc3ccc(Cl)cc3)CCC1(C(Br)Br)C2Br. The van der Waals surface area contributed by atoms with E-state index in [2.05, 4.69) is 67.0 Å². The van der Waals surface area contributed by atoms with Crippen LogP contribution in [0.2, 0.25) is 5.02 Å². The summed E-state index contributed by atoms with van der Waals surface area (Å²) in [5.74, 6) is 0.146. The second-order valence-electron chi connectivity index (χ2n) is 7.11. The summed E-state index contributed by atoms with van der Waals surface area (Å²) in [6.45, 7) is 4.97. The first-order valence-corrected chi connectivity index (χ1v) is 10.8. The van der Waals surface area contributed by atoms with Crippen LogP contribution in [0.15, 0.2) is 24.3 Å². The Morgan fingerprint density at radius 2 is 1.91 bits per heavy atom. The van der Waals surface area contributed by atoms with Crippen molar-refractivity contribution in [3.05, 3.63) is 34.9 Å². The van der Waals surface area contributed by atoms with E-state index in [-0.39, 0.29) is 30.7 Å². The fourth-order valence-corrected chi connectivity index (χ4v) is 9.68. The van der Waals surface area contributed by atoms with Gasteiger partial charge in [-0.15, -0.1) is 0 Å². The minimum atomic E-state index is -0.348. The summed E-state index contributed by atoms with van der Waals surface area (Å²) in [5.41, 5.74) is 0.699. The molecule has 1 aromatic rings. The number of fused-ring (bicyclic) bond motifs is 1. The molecule has 0 aliphatic heterocycles. The zero-order valence-electron chi connectivity index (χ0n) is 13.0. The van der Waals surface area contributed by atoms with Crippen molar-refractivity contribution in [2.45, 2.75) is 41.8 Å². The molecule has 126 valence electrons. The summed E-state index contributed by atoms with van der Waals surface area (Å²) in [5, 5.41) is 3.85. The number of carbonyl (C=O) groups is 1. The van der Waals surface area contributed by atoms with Gasteiger partial charge >= 0.3 is 0 Å². The van der Waals surface area contributed by atoms with Gasteiger partial charge in [0.1, 0.15) is 0 Å². The van der Waals surface area contributed by atoms with E-state index in [0.717, 1.165) is 18.4 Å². The van der Waals surface area contributed by atoms with Crippen LogP contribution in [-0.2, 0) is 11.3 Å². The van der Waals surface area contributed by atoms with Crippen molar-refractivity contribution in [3.63, 3.8) is 0 Å². The van der Waals surface area contributed by atoms with Crippen LogP contribution in [0.3, 0.4) is 0 Å². The average molecular weight is 529 g/mol. The van der Waals surface area contributed by atoms with E-state index in [4.69, 9.17) is 11.6 Å². The molecule has 6 heteroatoms. The van der Waals surface area contributed by atoms with Crippen molar-refractivity contribution >= 4 is 65.3 Å². The lowest BCUT2D eigenvalue weighted by molar-refractivity contribution is -0.161. The Hall–Kier alpha value is 0.420. The Morgan fingerprint density at radius 3 is 2.39 bits per heavy atom. The van der Waals surface area contributed by atoms with Crippen LogP contribution in [0.1, 0.15) is 32.3 Å². The highest BCUT2D eigenvalue weighted by Gasteiger charge is 2.83. The summed E-state index contributed by atoms with van der Waals surface area (Å²) in [7, 11) is 0.